The monoisotopic (exact) mass is 434 g/mol. The van der Waals surface area contributed by atoms with Gasteiger partial charge in [-0.05, 0) is 31.7 Å². The average molecular weight is 434 g/mol. The number of carboxylic acid groups (broad SMARTS) is 1. The van der Waals surface area contributed by atoms with E-state index < -0.39 is 12.1 Å². The first-order valence-corrected chi connectivity index (χ1v) is 9.51. The Labute approximate surface area is 171 Å². The lowest BCUT2D eigenvalue weighted by Gasteiger charge is -2.50. The molecule has 2 saturated heterocycles. The Morgan fingerprint density at radius 2 is 2.07 bits per heavy atom. The highest BCUT2D eigenvalue weighted by atomic mass is 19.4. The molecule has 2 fully saturated rings. The van der Waals surface area contributed by atoms with Crippen LogP contribution in [0.3, 0.4) is 0 Å². The van der Waals surface area contributed by atoms with Gasteiger partial charge >= 0.3 is 12.1 Å². The fraction of sp³-hybridized carbons (Fsp3) is 0.632. The summed E-state index contributed by atoms with van der Waals surface area (Å²) in [6, 6.07) is 5.64. The maximum atomic E-state index is 11.9. The molecule has 1 atom stereocenters. The van der Waals surface area contributed by atoms with E-state index in [1.54, 1.807) is 6.20 Å². The van der Waals surface area contributed by atoms with Crippen LogP contribution in [0.2, 0.25) is 0 Å². The molecule has 168 valence electrons. The van der Waals surface area contributed by atoms with Crippen molar-refractivity contribution in [3.05, 3.63) is 24.4 Å². The van der Waals surface area contributed by atoms with Crippen molar-refractivity contribution in [1.29, 1.82) is 0 Å². The van der Waals surface area contributed by atoms with Gasteiger partial charge in [-0.25, -0.2) is 9.78 Å². The van der Waals surface area contributed by atoms with Crippen molar-refractivity contribution in [2.24, 2.45) is 5.92 Å². The summed E-state index contributed by atoms with van der Waals surface area (Å²) in [6.07, 6.45) is -1.41. The number of nitrogens with zero attached hydrogens (tertiary/aromatic N) is 2. The lowest BCUT2D eigenvalue weighted by molar-refractivity contribution is -0.192. The van der Waals surface area contributed by atoms with Crippen LogP contribution in [0.1, 0.15) is 19.8 Å². The molecular formula is C19H25F3N2O6. The second-order valence-corrected chi connectivity index (χ2v) is 6.89. The van der Waals surface area contributed by atoms with Crippen LogP contribution in [0.5, 0.6) is 5.88 Å². The van der Waals surface area contributed by atoms with Gasteiger partial charge in [-0.3, -0.25) is 4.79 Å². The molecule has 2 aliphatic heterocycles. The number of hydrogen-bond donors (Lipinski definition) is 1. The highest BCUT2D eigenvalue weighted by molar-refractivity contribution is 5.78. The molecule has 0 aromatic carbocycles. The van der Waals surface area contributed by atoms with Gasteiger partial charge < -0.3 is 24.2 Å². The SMILES string of the molecule is CCOCC(=O)N1CC2(C1)OCCC2CCOc1ccccn1.O=C(O)C(F)(F)F. The molecule has 1 aromatic heterocycles. The maximum Gasteiger partial charge on any atom is 0.490 e. The zero-order valence-electron chi connectivity index (χ0n) is 16.6. The van der Waals surface area contributed by atoms with Crippen molar-refractivity contribution in [2.45, 2.75) is 31.5 Å². The number of carbonyl (C=O) groups is 2. The molecule has 8 nitrogen and oxygen atoms in total. The number of carboxylic acids is 1. The fourth-order valence-electron chi connectivity index (χ4n) is 3.34. The molecule has 0 bridgehead atoms. The Kier molecular flexibility index (Phi) is 8.42. The van der Waals surface area contributed by atoms with E-state index in [-0.39, 0.29) is 18.1 Å². The summed E-state index contributed by atoms with van der Waals surface area (Å²) in [4.78, 5) is 26.8. The molecule has 2 aliphatic rings. The highest BCUT2D eigenvalue weighted by Crippen LogP contribution is 2.41. The molecule has 11 heteroatoms. The van der Waals surface area contributed by atoms with Gasteiger partial charge in [0.1, 0.15) is 12.2 Å². The van der Waals surface area contributed by atoms with Crippen LogP contribution in [0.4, 0.5) is 13.2 Å². The number of hydrogen-bond acceptors (Lipinski definition) is 6. The van der Waals surface area contributed by atoms with Gasteiger partial charge in [0, 0.05) is 25.5 Å². The molecule has 1 unspecified atom stereocenters. The molecule has 0 saturated carbocycles. The third kappa shape index (κ3) is 6.56. The normalized spacial score (nSPS) is 19.6. The van der Waals surface area contributed by atoms with Crippen molar-refractivity contribution in [2.75, 3.05) is 39.5 Å². The summed E-state index contributed by atoms with van der Waals surface area (Å²) in [6.45, 7) is 5.36. The maximum absolute atomic E-state index is 11.9. The standard InChI is InChI=1S/C17H24N2O4.C2HF3O2/c1-2-21-11-16(20)19-12-17(13-19)14(7-10-23-17)6-9-22-15-5-3-4-8-18-15;3-2(4,5)1(6)7/h3-5,8,14H,2,6-7,9-13H2,1H3;(H,6,7). The molecule has 1 N–H and O–H groups in total. The quantitative estimate of drug-likeness (QED) is 0.702. The minimum Gasteiger partial charge on any atom is -0.478 e. The first kappa shape index (κ1) is 23.9. The first-order valence-electron chi connectivity index (χ1n) is 9.51. The second-order valence-electron chi connectivity index (χ2n) is 6.89. The zero-order chi connectivity index (χ0) is 22.2. The van der Waals surface area contributed by atoms with Crippen LogP contribution in [-0.2, 0) is 19.1 Å². The number of carbonyl (C=O) groups excluding carboxylic acids is 1. The van der Waals surface area contributed by atoms with E-state index in [4.69, 9.17) is 24.1 Å². The van der Waals surface area contributed by atoms with Crippen molar-refractivity contribution in [3.63, 3.8) is 0 Å². The minimum atomic E-state index is -5.08. The van der Waals surface area contributed by atoms with Crippen molar-refractivity contribution < 1.29 is 42.1 Å². The summed E-state index contributed by atoms with van der Waals surface area (Å²) in [5.74, 6) is -1.62. The van der Waals surface area contributed by atoms with Crippen LogP contribution in [0.25, 0.3) is 0 Å². The molecule has 3 rings (SSSR count). The third-order valence-electron chi connectivity index (χ3n) is 4.90. The third-order valence-corrected chi connectivity index (χ3v) is 4.90. The number of halogens is 3. The van der Waals surface area contributed by atoms with Gasteiger partial charge in [0.05, 0.1) is 19.7 Å². The number of alkyl halides is 3. The molecular weight excluding hydrogens is 409 g/mol. The van der Waals surface area contributed by atoms with Gasteiger partial charge in [0.2, 0.25) is 11.8 Å². The number of rotatable bonds is 7. The van der Waals surface area contributed by atoms with Crippen molar-refractivity contribution in [1.82, 2.24) is 9.88 Å². The molecule has 0 aliphatic carbocycles. The van der Waals surface area contributed by atoms with Gasteiger partial charge in [0.25, 0.3) is 0 Å². The smallest absolute Gasteiger partial charge is 0.478 e. The zero-order valence-corrected chi connectivity index (χ0v) is 16.6. The van der Waals surface area contributed by atoms with Crippen molar-refractivity contribution in [3.8, 4) is 5.88 Å². The molecule has 1 amide bonds. The number of aromatic nitrogens is 1. The molecule has 1 spiro atoms. The predicted molar refractivity (Wildman–Crippen MR) is 97.9 cm³/mol. The van der Waals surface area contributed by atoms with Crippen LogP contribution in [0, 0.1) is 5.92 Å². The van der Waals surface area contributed by atoms with Crippen LogP contribution in [-0.4, -0.2) is 78.2 Å². The Morgan fingerprint density at radius 3 is 2.63 bits per heavy atom. The Bertz CT molecular complexity index is 695. The first-order chi connectivity index (χ1) is 14.2. The van der Waals surface area contributed by atoms with E-state index >= 15 is 0 Å². The summed E-state index contributed by atoms with van der Waals surface area (Å²) in [5, 5.41) is 7.12. The number of pyridine rings is 1. The largest absolute Gasteiger partial charge is 0.490 e. The lowest BCUT2D eigenvalue weighted by Crippen LogP contribution is -2.66. The number of likely N-dealkylation sites (tertiary alicyclic amines) is 1. The van der Waals surface area contributed by atoms with E-state index in [0.717, 1.165) is 19.4 Å². The van der Waals surface area contributed by atoms with E-state index in [1.165, 1.54) is 0 Å². The highest BCUT2D eigenvalue weighted by Gasteiger charge is 2.54. The number of aliphatic carboxylic acids is 1. The van der Waals surface area contributed by atoms with Gasteiger partial charge in [-0.1, -0.05) is 6.07 Å². The Morgan fingerprint density at radius 1 is 1.37 bits per heavy atom. The summed E-state index contributed by atoms with van der Waals surface area (Å²) < 4.78 is 48.6. The molecule has 0 radical (unpaired) electrons. The van der Waals surface area contributed by atoms with Gasteiger partial charge in [0.15, 0.2) is 0 Å². The van der Waals surface area contributed by atoms with Gasteiger partial charge in [-0.15, -0.1) is 0 Å². The minimum absolute atomic E-state index is 0.0523. The Hall–Kier alpha value is -2.40. The summed E-state index contributed by atoms with van der Waals surface area (Å²) in [5.41, 5.74) is -0.171. The topological polar surface area (TPSA) is 98.2 Å². The summed E-state index contributed by atoms with van der Waals surface area (Å²) >= 11 is 0. The van der Waals surface area contributed by atoms with E-state index in [9.17, 15) is 18.0 Å². The van der Waals surface area contributed by atoms with E-state index in [2.05, 4.69) is 4.98 Å². The molecule has 1 aromatic rings. The fourth-order valence-corrected chi connectivity index (χ4v) is 3.34. The van der Waals surface area contributed by atoms with Crippen molar-refractivity contribution >= 4 is 11.9 Å². The predicted octanol–water partition coefficient (Wildman–Crippen LogP) is 2.14. The average Bonchev–Trinajstić information content (AvgIpc) is 3.09. The van der Waals surface area contributed by atoms with Crippen LogP contribution in [0.15, 0.2) is 24.4 Å². The van der Waals surface area contributed by atoms with Gasteiger partial charge in [-0.2, -0.15) is 13.2 Å². The van der Waals surface area contributed by atoms with Crippen LogP contribution < -0.4 is 4.74 Å². The van der Waals surface area contributed by atoms with Crippen LogP contribution >= 0.6 is 0 Å². The van der Waals surface area contributed by atoms with E-state index in [1.807, 2.05) is 30.0 Å². The lowest BCUT2D eigenvalue weighted by atomic mass is 9.79. The second kappa shape index (κ2) is 10.6. The van der Waals surface area contributed by atoms with E-state index in [0.29, 0.717) is 38.1 Å². The molecule has 3 heterocycles. The summed E-state index contributed by atoms with van der Waals surface area (Å²) in [7, 11) is 0. The number of amides is 1. The molecule has 30 heavy (non-hydrogen) atoms. The Balaban J connectivity index is 0.000000396. The number of ether oxygens (including phenoxy) is 3.